The Morgan fingerprint density at radius 3 is 2.32 bits per heavy atom. The molecule has 0 spiro atoms. The lowest BCUT2D eigenvalue weighted by Gasteiger charge is -2.23. The van der Waals surface area contributed by atoms with Gasteiger partial charge >= 0.3 is 6.18 Å². The molecule has 2 N–H and O–H groups in total. The maximum atomic E-state index is 13.1. The van der Waals surface area contributed by atoms with E-state index in [0.717, 1.165) is 55.4 Å². The van der Waals surface area contributed by atoms with Gasteiger partial charge in [0.25, 0.3) is 0 Å². The molecule has 0 saturated carbocycles. The van der Waals surface area contributed by atoms with Crippen LogP contribution in [0.4, 0.5) is 30.2 Å². The normalized spacial score (nSPS) is 13.9. The first-order valence-corrected chi connectivity index (χ1v) is 11.1. The fraction of sp³-hybridized carbons (Fsp3) is 0.364. The highest BCUT2D eigenvalue weighted by atomic mass is 32.2. The molecule has 0 unspecified atom stereocenters. The average molecular weight is 452 g/mol. The highest BCUT2D eigenvalue weighted by Crippen LogP contribution is 2.36. The lowest BCUT2D eigenvalue weighted by Crippen LogP contribution is -2.23. The van der Waals surface area contributed by atoms with Gasteiger partial charge in [-0.3, -0.25) is 9.59 Å². The summed E-state index contributed by atoms with van der Waals surface area (Å²) < 4.78 is 39.4. The first-order valence-electron chi connectivity index (χ1n) is 9.93. The second-order valence-corrected chi connectivity index (χ2v) is 8.37. The molecule has 2 aromatic carbocycles. The summed E-state index contributed by atoms with van der Waals surface area (Å²) in [7, 11) is 0. The third kappa shape index (κ3) is 6.65. The van der Waals surface area contributed by atoms with Crippen LogP contribution in [0.2, 0.25) is 0 Å². The molecule has 3 rings (SSSR count). The Labute approximate surface area is 183 Å². The van der Waals surface area contributed by atoms with E-state index >= 15 is 0 Å². The van der Waals surface area contributed by atoms with Crippen LogP contribution in [0.15, 0.2) is 42.5 Å². The van der Waals surface area contributed by atoms with E-state index in [0.29, 0.717) is 11.4 Å². The number of nitrogens with one attached hydrogen (secondary N) is 2. The molecule has 0 radical (unpaired) electrons. The van der Waals surface area contributed by atoms with Gasteiger partial charge in [-0.2, -0.15) is 13.2 Å². The van der Waals surface area contributed by atoms with Crippen molar-refractivity contribution in [3.05, 3.63) is 53.6 Å². The van der Waals surface area contributed by atoms with Crippen molar-refractivity contribution in [1.82, 2.24) is 0 Å². The Balaban J connectivity index is 1.58. The Hall–Kier alpha value is -2.68. The summed E-state index contributed by atoms with van der Waals surface area (Å²) in [5, 5.41) is 5.35. The van der Waals surface area contributed by atoms with Crippen molar-refractivity contribution in [1.29, 1.82) is 0 Å². The maximum absolute atomic E-state index is 13.1. The first-order chi connectivity index (χ1) is 14.7. The topological polar surface area (TPSA) is 61.4 Å². The zero-order valence-electron chi connectivity index (χ0n) is 17.1. The van der Waals surface area contributed by atoms with E-state index in [4.69, 9.17) is 0 Å². The number of carbonyl (C=O) groups is 2. The molecule has 31 heavy (non-hydrogen) atoms. The van der Waals surface area contributed by atoms with Crippen molar-refractivity contribution in [3.8, 4) is 0 Å². The second kappa shape index (κ2) is 10.1. The zero-order chi connectivity index (χ0) is 22.4. The number of hydrogen-bond acceptors (Lipinski definition) is 4. The molecule has 1 saturated heterocycles. The van der Waals surface area contributed by atoms with E-state index in [2.05, 4.69) is 10.6 Å². The number of carbonyl (C=O) groups excluding carboxylic acids is 2. The molecule has 1 aliphatic rings. The highest BCUT2D eigenvalue weighted by Gasteiger charge is 2.32. The number of thioether (sulfide) groups is 1. The quantitative estimate of drug-likeness (QED) is 0.627. The number of benzene rings is 2. The minimum atomic E-state index is -4.49. The molecule has 0 aliphatic carbocycles. The van der Waals surface area contributed by atoms with Gasteiger partial charge in [-0.1, -0.05) is 12.1 Å². The Kier molecular flexibility index (Phi) is 7.48. The molecule has 1 fully saturated rings. The van der Waals surface area contributed by atoms with Crippen LogP contribution < -0.4 is 15.5 Å². The highest BCUT2D eigenvalue weighted by molar-refractivity contribution is 8.00. The Bertz CT molecular complexity index is 944. The van der Waals surface area contributed by atoms with E-state index in [1.54, 1.807) is 6.07 Å². The molecule has 0 aromatic heterocycles. The van der Waals surface area contributed by atoms with Crippen LogP contribution in [-0.2, 0) is 15.8 Å². The van der Waals surface area contributed by atoms with Gasteiger partial charge in [0.2, 0.25) is 11.8 Å². The number of nitrogens with zero attached hydrogens (tertiary/aromatic N) is 1. The second-order valence-electron chi connectivity index (χ2n) is 7.38. The predicted molar refractivity (Wildman–Crippen MR) is 119 cm³/mol. The fourth-order valence-electron chi connectivity index (χ4n) is 3.39. The standard InChI is InChI=1S/C22H24F3N3O2S/c1-15-5-4-6-17(11-15)26-20(29)13-31-14-21(30)27-18-12-16(22(23,24)25)7-8-19(18)28-9-2-3-10-28/h4-8,11-12H,2-3,9-10,13-14H2,1H3,(H,26,29)(H,27,30). The van der Waals surface area contributed by atoms with Crippen molar-refractivity contribution in [2.24, 2.45) is 0 Å². The smallest absolute Gasteiger partial charge is 0.370 e. The molecular formula is C22H24F3N3O2S. The zero-order valence-corrected chi connectivity index (χ0v) is 17.9. The van der Waals surface area contributed by atoms with Crippen LogP contribution in [0.25, 0.3) is 0 Å². The number of rotatable bonds is 7. The minimum absolute atomic E-state index is 0.0447. The number of aryl methyl sites for hydroxylation is 1. The van der Waals surface area contributed by atoms with Crippen LogP contribution >= 0.6 is 11.8 Å². The number of amides is 2. The fourth-order valence-corrected chi connectivity index (χ4v) is 4.01. The van der Waals surface area contributed by atoms with Crippen molar-refractivity contribution < 1.29 is 22.8 Å². The third-order valence-electron chi connectivity index (χ3n) is 4.81. The summed E-state index contributed by atoms with van der Waals surface area (Å²) in [4.78, 5) is 26.4. The lowest BCUT2D eigenvalue weighted by atomic mass is 10.1. The molecule has 9 heteroatoms. The Morgan fingerprint density at radius 2 is 1.68 bits per heavy atom. The molecule has 0 atom stereocenters. The van der Waals surface area contributed by atoms with Gasteiger partial charge in [-0.25, -0.2) is 0 Å². The first kappa shape index (κ1) is 23.0. The molecule has 1 heterocycles. The van der Waals surface area contributed by atoms with Crippen molar-refractivity contribution >= 4 is 40.6 Å². The van der Waals surface area contributed by atoms with Crippen LogP contribution in [0.3, 0.4) is 0 Å². The van der Waals surface area contributed by atoms with Gasteiger partial charge in [0, 0.05) is 18.8 Å². The Morgan fingerprint density at radius 1 is 1.00 bits per heavy atom. The van der Waals surface area contributed by atoms with Crippen molar-refractivity contribution in [2.75, 3.05) is 40.1 Å². The van der Waals surface area contributed by atoms with E-state index in [9.17, 15) is 22.8 Å². The van der Waals surface area contributed by atoms with Gasteiger partial charge in [0.05, 0.1) is 28.4 Å². The average Bonchev–Trinajstić information content (AvgIpc) is 3.21. The maximum Gasteiger partial charge on any atom is 0.416 e. The lowest BCUT2D eigenvalue weighted by molar-refractivity contribution is -0.137. The van der Waals surface area contributed by atoms with Gasteiger partial charge in [-0.05, 0) is 55.7 Å². The van der Waals surface area contributed by atoms with Crippen molar-refractivity contribution in [2.45, 2.75) is 25.9 Å². The SMILES string of the molecule is Cc1cccc(NC(=O)CSCC(=O)Nc2cc(C(F)(F)F)ccc2N2CCCC2)c1. The number of halogens is 3. The van der Waals surface area contributed by atoms with E-state index < -0.39 is 17.6 Å². The summed E-state index contributed by atoms with van der Waals surface area (Å²) in [6.07, 6.45) is -2.58. The molecule has 0 bridgehead atoms. The molecule has 5 nitrogen and oxygen atoms in total. The summed E-state index contributed by atoms with van der Waals surface area (Å²) in [6, 6.07) is 10.8. The van der Waals surface area contributed by atoms with Crippen LogP contribution in [0, 0.1) is 6.92 Å². The summed E-state index contributed by atoms with van der Waals surface area (Å²) in [5.41, 5.74) is 1.61. The summed E-state index contributed by atoms with van der Waals surface area (Å²) in [6.45, 7) is 3.39. The number of hydrogen-bond donors (Lipinski definition) is 2. The monoisotopic (exact) mass is 451 g/mol. The van der Waals surface area contributed by atoms with Gasteiger partial charge in [-0.15, -0.1) is 11.8 Å². The molecule has 2 aromatic rings. The van der Waals surface area contributed by atoms with E-state index in [-0.39, 0.29) is 23.1 Å². The minimum Gasteiger partial charge on any atom is -0.370 e. The van der Waals surface area contributed by atoms with Crippen LogP contribution in [-0.4, -0.2) is 36.4 Å². The van der Waals surface area contributed by atoms with Crippen molar-refractivity contribution in [3.63, 3.8) is 0 Å². The number of anilines is 3. The summed E-state index contributed by atoms with van der Waals surface area (Å²) >= 11 is 1.10. The number of alkyl halides is 3. The van der Waals surface area contributed by atoms with E-state index in [1.807, 2.05) is 30.0 Å². The molecule has 166 valence electrons. The van der Waals surface area contributed by atoms with Gasteiger partial charge in [0.1, 0.15) is 0 Å². The largest absolute Gasteiger partial charge is 0.416 e. The predicted octanol–water partition coefficient (Wildman–Crippen LogP) is 4.92. The van der Waals surface area contributed by atoms with Crippen LogP contribution in [0.5, 0.6) is 0 Å². The van der Waals surface area contributed by atoms with Gasteiger partial charge < -0.3 is 15.5 Å². The molecule has 2 amide bonds. The molecular weight excluding hydrogens is 427 g/mol. The van der Waals surface area contributed by atoms with Crippen LogP contribution in [0.1, 0.15) is 24.0 Å². The summed E-state index contributed by atoms with van der Waals surface area (Å²) in [5.74, 6) is -0.687. The third-order valence-corrected chi connectivity index (χ3v) is 5.75. The van der Waals surface area contributed by atoms with Gasteiger partial charge in [0.15, 0.2) is 0 Å². The van der Waals surface area contributed by atoms with E-state index in [1.165, 1.54) is 6.07 Å². The molecule has 1 aliphatic heterocycles.